The Hall–Kier alpha value is -2.80. The zero-order chi connectivity index (χ0) is 18.6. The van der Waals surface area contributed by atoms with Gasteiger partial charge in [0.15, 0.2) is 5.82 Å². The maximum absolute atomic E-state index is 5.33. The van der Waals surface area contributed by atoms with Crippen molar-refractivity contribution in [3.8, 4) is 0 Å². The van der Waals surface area contributed by atoms with Crippen LogP contribution in [0.3, 0.4) is 0 Å². The van der Waals surface area contributed by atoms with Crippen molar-refractivity contribution in [1.29, 1.82) is 0 Å². The van der Waals surface area contributed by atoms with Crippen LogP contribution >= 0.6 is 0 Å². The van der Waals surface area contributed by atoms with Crippen LogP contribution in [0.4, 0.5) is 5.82 Å². The Morgan fingerprint density at radius 3 is 2.52 bits per heavy atom. The first kappa shape index (κ1) is 17.6. The maximum Gasteiger partial charge on any atom is 0.243 e. The van der Waals surface area contributed by atoms with Crippen LogP contribution in [0.2, 0.25) is 0 Å². The van der Waals surface area contributed by atoms with Gasteiger partial charge >= 0.3 is 0 Å². The second-order valence-electron chi connectivity index (χ2n) is 6.87. The van der Waals surface area contributed by atoms with E-state index in [1.165, 1.54) is 5.56 Å². The molecule has 1 aliphatic heterocycles. The van der Waals surface area contributed by atoms with Gasteiger partial charge in [-0.15, -0.1) is 0 Å². The van der Waals surface area contributed by atoms with Gasteiger partial charge in [-0.3, -0.25) is 4.90 Å². The van der Waals surface area contributed by atoms with Crippen LogP contribution in [0.1, 0.15) is 36.1 Å². The van der Waals surface area contributed by atoms with Crippen LogP contribution in [0, 0.1) is 6.92 Å². The third kappa shape index (κ3) is 4.14. The summed E-state index contributed by atoms with van der Waals surface area (Å²) in [6, 6.07) is 12.5. The summed E-state index contributed by atoms with van der Waals surface area (Å²) in [5, 5.41) is 3.90. The zero-order valence-electron chi connectivity index (χ0n) is 15.7. The minimum atomic E-state index is 0.132. The van der Waals surface area contributed by atoms with E-state index in [2.05, 4.69) is 44.0 Å². The minimum absolute atomic E-state index is 0.132. The highest BCUT2D eigenvalue weighted by atomic mass is 16.5. The van der Waals surface area contributed by atoms with E-state index in [1.54, 1.807) is 0 Å². The van der Waals surface area contributed by atoms with E-state index >= 15 is 0 Å². The number of hydrogen-bond donors (Lipinski definition) is 0. The molecule has 1 saturated heterocycles. The number of hydrogen-bond acceptors (Lipinski definition) is 7. The minimum Gasteiger partial charge on any atom is -0.354 e. The number of piperazine rings is 1. The van der Waals surface area contributed by atoms with Crippen LogP contribution in [-0.2, 0) is 6.42 Å². The van der Waals surface area contributed by atoms with Gasteiger partial charge in [-0.05, 0) is 25.5 Å². The summed E-state index contributed by atoms with van der Waals surface area (Å²) < 4.78 is 5.33. The SMILES string of the molecule is Cc1noc(C(C)N2CCN(c3ccnc(Cc4ccccc4)n3)CC2)n1. The second-order valence-corrected chi connectivity index (χ2v) is 6.87. The lowest BCUT2D eigenvalue weighted by Crippen LogP contribution is -2.47. The molecule has 0 bridgehead atoms. The van der Waals surface area contributed by atoms with Crippen LogP contribution in [0.5, 0.6) is 0 Å². The molecule has 1 atom stereocenters. The summed E-state index contributed by atoms with van der Waals surface area (Å²) in [5.74, 6) is 3.23. The number of benzene rings is 1. The average Bonchev–Trinajstić information content (AvgIpc) is 3.15. The fourth-order valence-electron chi connectivity index (χ4n) is 3.41. The Morgan fingerprint density at radius 1 is 1.04 bits per heavy atom. The number of aryl methyl sites for hydroxylation is 1. The molecule has 27 heavy (non-hydrogen) atoms. The molecule has 1 fully saturated rings. The van der Waals surface area contributed by atoms with Crippen molar-refractivity contribution in [2.45, 2.75) is 26.3 Å². The molecular weight excluding hydrogens is 340 g/mol. The predicted octanol–water partition coefficient (Wildman–Crippen LogP) is 2.64. The molecule has 7 nitrogen and oxygen atoms in total. The molecule has 0 radical (unpaired) electrons. The van der Waals surface area contributed by atoms with Gasteiger partial charge < -0.3 is 9.42 Å². The number of nitrogens with zero attached hydrogens (tertiary/aromatic N) is 6. The molecule has 0 N–H and O–H groups in total. The molecule has 0 spiro atoms. The summed E-state index contributed by atoms with van der Waals surface area (Å²) in [7, 11) is 0. The van der Waals surface area contributed by atoms with Crippen molar-refractivity contribution in [3.63, 3.8) is 0 Å². The van der Waals surface area contributed by atoms with Crippen molar-refractivity contribution in [2.75, 3.05) is 31.1 Å². The van der Waals surface area contributed by atoms with Crippen molar-refractivity contribution in [3.05, 3.63) is 65.7 Å². The zero-order valence-corrected chi connectivity index (χ0v) is 15.7. The molecule has 1 aliphatic rings. The van der Waals surface area contributed by atoms with Gasteiger partial charge in [0.2, 0.25) is 5.89 Å². The van der Waals surface area contributed by atoms with Gasteiger partial charge in [0, 0.05) is 38.8 Å². The highest BCUT2D eigenvalue weighted by Crippen LogP contribution is 2.22. The van der Waals surface area contributed by atoms with Gasteiger partial charge in [0.1, 0.15) is 11.6 Å². The molecule has 0 saturated carbocycles. The first-order chi connectivity index (χ1) is 13.2. The fourth-order valence-corrected chi connectivity index (χ4v) is 3.41. The molecule has 1 aromatic carbocycles. The van der Waals surface area contributed by atoms with Crippen molar-refractivity contribution in [2.24, 2.45) is 0 Å². The fraction of sp³-hybridized carbons (Fsp3) is 0.400. The largest absolute Gasteiger partial charge is 0.354 e. The summed E-state index contributed by atoms with van der Waals surface area (Å²) in [6.07, 6.45) is 2.61. The Labute approximate surface area is 159 Å². The summed E-state index contributed by atoms with van der Waals surface area (Å²) in [4.78, 5) is 18.3. The van der Waals surface area contributed by atoms with Crippen LogP contribution < -0.4 is 4.90 Å². The molecule has 3 heterocycles. The van der Waals surface area contributed by atoms with E-state index < -0.39 is 0 Å². The first-order valence-electron chi connectivity index (χ1n) is 9.34. The smallest absolute Gasteiger partial charge is 0.243 e. The molecule has 4 rings (SSSR count). The van der Waals surface area contributed by atoms with Crippen LogP contribution in [0.25, 0.3) is 0 Å². The Balaban J connectivity index is 1.39. The van der Waals surface area contributed by atoms with E-state index in [0.717, 1.165) is 44.2 Å². The molecular formula is C20H24N6O. The predicted molar refractivity (Wildman–Crippen MR) is 103 cm³/mol. The highest BCUT2D eigenvalue weighted by molar-refractivity contribution is 5.38. The Kier molecular flexibility index (Phi) is 5.11. The quantitative estimate of drug-likeness (QED) is 0.689. The standard InChI is InChI=1S/C20H24N6O/c1-15(20-22-16(2)24-27-20)25-10-12-26(13-11-25)19-8-9-21-18(23-19)14-17-6-4-3-5-7-17/h3-9,15H,10-14H2,1-2H3. The van der Waals surface area contributed by atoms with E-state index in [4.69, 9.17) is 9.51 Å². The third-order valence-corrected chi connectivity index (χ3v) is 4.98. The first-order valence-corrected chi connectivity index (χ1v) is 9.34. The summed E-state index contributed by atoms with van der Waals surface area (Å²) in [5.41, 5.74) is 1.23. The van der Waals surface area contributed by atoms with Crippen molar-refractivity contribution >= 4 is 5.82 Å². The topological polar surface area (TPSA) is 71.2 Å². The summed E-state index contributed by atoms with van der Waals surface area (Å²) in [6.45, 7) is 7.66. The van der Waals surface area contributed by atoms with Crippen molar-refractivity contribution in [1.82, 2.24) is 25.0 Å². The monoisotopic (exact) mass is 364 g/mol. The lowest BCUT2D eigenvalue weighted by atomic mass is 10.1. The summed E-state index contributed by atoms with van der Waals surface area (Å²) >= 11 is 0. The molecule has 7 heteroatoms. The molecule has 140 valence electrons. The van der Waals surface area contributed by atoms with Gasteiger partial charge in [-0.25, -0.2) is 9.97 Å². The van der Waals surface area contributed by atoms with Crippen LogP contribution in [0.15, 0.2) is 47.1 Å². The second kappa shape index (κ2) is 7.84. The highest BCUT2D eigenvalue weighted by Gasteiger charge is 2.26. The average molecular weight is 364 g/mol. The number of aromatic nitrogens is 4. The van der Waals surface area contributed by atoms with E-state index in [-0.39, 0.29) is 6.04 Å². The molecule has 2 aromatic heterocycles. The van der Waals surface area contributed by atoms with Crippen LogP contribution in [-0.4, -0.2) is 51.2 Å². The Bertz CT molecular complexity index is 873. The van der Waals surface area contributed by atoms with E-state index in [9.17, 15) is 0 Å². The normalized spacial score (nSPS) is 16.4. The Morgan fingerprint density at radius 2 is 1.81 bits per heavy atom. The van der Waals surface area contributed by atoms with Gasteiger partial charge in [0.05, 0.1) is 6.04 Å². The van der Waals surface area contributed by atoms with Gasteiger partial charge in [-0.2, -0.15) is 4.98 Å². The maximum atomic E-state index is 5.33. The number of anilines is 1. The van der Waals surface area contributed by atoms with E-state index in [0.29, 0.717) is 11.7 Å². The number of rotatable bonds is 5. The molecule has 1 unspecified atom stereocenters. The van der Waals surface area contributed by atoms with E-state index in [1.807, 2.05) is 37.4 Å². The van der Waals surface area contributed by atoms with Gasteiger partial charge in [0.25, 0.3) is 0 Å². The third-order valence-electron chi connectivity index (χ3n) is 4.98. The molecule has 0 amide bonds. The molecule has 0 aliphatic carbocycles. The lowest BCUT2D eigenvalue weighted by Gasteiger charge is -2.37. The van der Waals surface area contributed by atoms with Gasteiger partial charge in [-0.1, -0.05) is 35.5 Å². The molecule has 3 aromatic rings. The lowest BCUT2D eigenvalue weighted by molar-refractivity contribution is 0.164. The van der Waals surface area contributed by atoms with Crippen molar-refractivity contribution < 1.29 is 4.52 Å².